The van der Waals surface area contributed by atoms with Gasteiger partial charge in [-0.15, -0.1) is 0 Å². The van der Waals surface area contributed by atoms with E-state index < -0.39 is 10.8 Å². The summed E-state index contributed by atoms with van der Waals surface area (Å²) in [4.78, 5) is 17.1. The summed E-state index contributed by atoms with van der Waals surface area (Å²) >= 11 is 0. The van der Waals surface area contributed by atoms with E-state index in [-0.39, 0.29) is 12.5 Å². The van der Waals surface area contributed by atoms with Crippen LogP contribution in [-0.2, 0) is 10.2 Å². The maximum atomic E-state index is 12.5. The van der Waals surface area contributed by atoms with Crippen LogP contribution in [0, 0.1) is 5.41 Å². The molecule has 2 rings (SSSR count). The molecule has 26 heavy (non-hydrogen) atoms. The van der Waals surface area contributed by atoms with Crippen molar-refractivity contribution in [2.75, 3.05) is 11.9 Å². The lowest BCUT2D eigenvalue weighted by molar-refractivity contribution is -0.123. The third kappa shape index (κ3) is 3.96. The summed E-state index contributed by atoms with van der Waals surface area (Å²) in [6.45, 7) is 9.87. The Morgan fingerprint density at radius 1 is 1.04 bits per heavy atom. The first-order valence-electron chi connectivity index (χ1n) is 9.26. The zero-order chi connectivity index (χ0) is 19.4. The van der Waals surface area contributed by atoms with Crippen molar-refractivity contribution in [1.82, 2.24) is 4.98 Å². The molecule has 0 spiro atoms. The number of aromatic nitrogens is 1. The average Bonchev–Trinajstić information content (AvgIpc) is 2.64. The smallest absolute Gasteiger partial charge is 0.229 e. The largest absolute Gasteiger partial charge is 0.395 e. The number of carbonyl (C=O) groups is 1. The summed E-state index contributed by atoms with van der Waals surface area (Å²) < 4.78 is 0. The minimum absolute atomic E-state index is 0.0326. The Labute approximate surface area is 156 Å². The van der Waals surface area contributed by atoms with E-state index in [0.29, 0.717) is 0 Å². The van der Waals surface area contributed by atoms with Gasteiger partial charge >= 0.3 is 0 Å². The lowest BCUT2D eigenvalue weighted by atomic mass is 9.76. The molecule has 0 atom stereocenters. The third-order valence-corrected chi connectivity index (χ3v) is 5.11. The number of nitrogens with one attached hydrogen (secondary N) is 1. The SMILES string of the molecule is CCC(CC)(CO)c1ncccc1-c1ccccc1NC(=O)C(C)(C)C. The second kappa shape index (κ2) is 8.00. The molecular formula is C22H30N2O2. The van der Waals surface area contributed by atoms with Crippen LogP contribution in [0.2, 0.25) is 0 Å². The standard InChI is InChI=1S/C22H30N2O2/c1-6-22(7-2,15-25)19-17(12-10-14-23-19)16-11-8-9-13-18(16)24-20(26)21(3,4)5/h8-14,25H,6-7,15H2,1-5H3,(H,24,26). The van der Waals surface area contributed by atoms with Gasteiger partial charge in [-0.2, -0.15) is 0 Å². The Balaban J connectivity index is 2.59. The molecule has 1 heterocycles. The molecule has 1 amide bonds. The molecule has 0 fully saturated rings. The minimum atomic E-state index is -0.480. The normalized spacial score (nSPS) is 12.1. The maximum Gasteiger partial charge on any atom is 0.229 e. The molecule has 1 aromatic heterocycles. The fourth-order valence-corrected chi connectivity index (χ4v) is 3.07. The van der Waals surface area contributed by atoms with Crippen LogP contribution < -0.4 is 5.32 Å². The first-order valence-corrected chi connectivity index (χ1v) is 9.26. The highest BCUT2D eigenvalue weighted by Gasteiger charge is 2.32. The first-order chi connectivity index (χ1) is 12.3. The lowest BCUT2D eigenvalue weighted by Crippen LogP contribution is -2.31. The van der Waals surface area contributed by atoms with Crippen LogP contribution in [0.3, 0.4) is 0 Å². The van der Waals surface area contributed by atoms with Crippen molar-refractivity contribution in [3.63, 3.8) is 0 Å². The molecule has 2 N–H and O–H groups in total. The molecule has 0 bridgehead atoms. The quantitative estimate of drug-likeness (QED) is 0.784. The number of benzene rings is 1. The van der Waals surface area contributed by atoms with Crippen LogP contribution in [0.15, 0.2) is 42.6 Å². The molecule has 0 aliphatic rings. The molecule has 0 saturated carbocycles. The fourth-order valence-electron chi connectivity index (χ4n) is 3.07. The van der Waals surface area contributed by atoms with Gasteiger partial charge in [0.2, 0.25) is 5.91 Å². The Kier molecular flexibility index (Phi) is 6.19. The summed E-state index contributed by atoms with van der Waals surface area (Å²) in [6, 6.07) is 11.7. The second-order valence-corrected chi connectivity index (χ2v) is 7.79. The number of hydrogen-bond acceptors (Lipinski definition) is 3. The van der Waals surface area contributed by atoms with Gasteiger partial charge in [-0.05, 0) is 25.0 Å². The minimum Gasteiger partial charge on any atom is -0.395 e. The summed E-state index contributed by atoms with van der Waals surface area (Å²) in [5.74, 6) is -0.0326. The topological polar surface area (TPSA) is 62.2 Å². The predicted molar refractivity (Wildman–Crippen MR) is 107 cm³/mol. The zero-order valence-electron chi connectivity index (χ0n) is 16.5. The number of aliphatic hydroxyl groups is 1. The van der Waals surface area contributed by atoms with Gasteiger partial charge in [-0.1, -0.05) is 58.9 Å². The Hall–Kier alpha value is -2.20. The van der Waals surface area contributed by atoms with Crippen molar-refractivity contribution in [3.05, 3.63) is 48.3 Å². The van der Waals surface area contributed by atoms with E-state index in [1.54, 1.807) is 6.20 Å². The van der Waals surface area contributed by atoms with Crippen LogP contribution in [-0.4, -0.2) is 22.6 Å². The Morgan fingerprint density at radius 3 is 2.23 bits per heavy atom. The van der Waals surface area contributed by atoms with E-state index in [4.69, 9.17) is 0 Å². The molecule has 0 aliphatic heterocycles. The number of anilines is 1. The predicted octanol–water partition coefficient (Wildman–Crippen LogP) is 4.78. The monoisotopic (exact) mass is 354 g/mol. The molecule has 1 aromatic carbocycles. The van der Waals surface area contributed by atoms with E-state index in [0.717, 1.165) is 35.3 Å². The molecule has 0 unspecified atom stereocenters. The van der Waals surface area contributed by atoms with Gasteiger partial charge in [-0.25, -0.2) is 0 Å². The molecule has 0 aliphatic carbocycles. The summed E-state index contributed by atoms with van der Waals surface area (Å²) in [5.41, 5.74) is 2.65. The molecule has 0 radical (unpaired) electrons. The van der Waals surface area contributed by atoms with Crippen molar-refractivity contribution in [2.24, 2.45) is 5.41 Å². The second-order valence-electron chi connectivity index (χ2n) is 7.79. The Morgan fingerprint density at radius 2 is 1.65 bits per heavy atom. The van der Waals surface area contributed by atoms with Gasteiger partial charge in [0.15, 0.2) is 0 Å². The molecule has 4 heteroatoms. The van der Waals surface area contributed by atoms with E-state index in [1.807, 2.05) is 57.2 Å². The van der Waals surface area contributed by atoms with Crippen LogP contribution in [0.25, 0.3) is 11.1 Å². The average molecular weight is 354 g/mol. The van der Waals surface area contributed by atoms with Gasteiger partial charge in [0.1, 0.15) is 0 Å². The van der Waals surface area contributed by atoms with Crippen LogP contribution in [0.1, 0.15) is 53.2 Å². The van der Waals surface area contributed by atoms with E-state index in [9.17, 15) is 9.90 Å². The van der Waals surface area contributed by atoms with Crippen LogP contribution >= 0.6 is 0 Å². The van der Waals surface area contributed by atoms with Crippen LogP contribution in [0.4, 0.5) is 5.69 Å². The Bertz CT molecular complexity index is 750. The fraction of sp³-hybridized carbons (Fsp3) is 0.455. The zero-order valence-corrected chi connectivity index (χ0v) is 16.5. The van der Waals surface area contributed by atoms with Crippen LogP contribution in [0.5, 0.6) is 0 Å². The number of aliphatic hydroxyl groups excluding tert-OH is 1. The highest BCUT2D eigenvalue weighted by atomic mass is 16.3. The van der Waals surface area contributed by atoms with E-state index >= 15 is 0 Å². The number of amides is 1. The van der Waals surface area contributed by atoms with Gasteiger partial charge in [0.05, 0.1) is 12.3 Å². The van der Waals surface area contributed by atoms with Gasteiger partial charge in [-0.3, -0.25) is 9.78 Å². The molecule has 4 nitrogen and oxygen atoms in total. The molecular weight excluding hydrogens is 324 g/mol. The number of pyridine rings is 1. The highest BCUT2D eigenvalue weighted by molar-refractivity contribution is 5.98. The third-order valence-electron chi connectivity index (χ3n) is 5.11. The van der Waals surface area contributed by atoms with Gasteiger partial charge in [0, 0.05) is 33.8 Å². The number of nitrogens with zero attached hydrogens (tertiary/aromatic N) is 1. The van der Waals surface area contributed by atoms with Gasteiger partial charge in [0.25, 0.3) is 0 Å². The summed E-state index contributed by atoms with van der Waals surface area (Å²) in [7, 11) is 0. The van der Waals surface area contributed by atoms with Gasteiger partial charge < -0.3 is 10.4 Å². The molecule has 0 saturated heterocycles. The lowest BCUT2D eigenvalue weighted by Gasteiger charge is -2.31. The summed E-state index contributed by atoms with van der Waals surface area (Å²) in [6.07, 6.45) is 3.35. The number of rotatable bonds is 6. The van der Waals surface area contributed by atoms with E-state index in [2.05, 4.69) is 24.1 Å². The van der Waals surface area contributed by atoms with E-state index in [1.165, 1.54) is 0 Å². The van der Waals surface area contributed by atoms with Crippen molar-refractivity contribution >= 4 is 11.6 Å². The first kappa shape index (κ1) is 20.1. The van der Waals surface area contributed by atoms with Crippen molar-refractivity contribution in [2.45, 2.75) is 52.9 Å². The summed E-state index contributed by atoms with van der Waals surface area (Å²) in [5, 5.41) is 13.2. The maximum absolute atomic E-state index is 12.5. The van der Waals surface area contributed by atoms with Crippen molar-refractivity contribution in [3.8, 4) is 11.1 Å². The van der Waals surface area contributed by atoms with Crippen molar-refractivity contribution in [1.29, 1.82) is 0 Å². The molecule has 140 valence electrons. The number of para-hydroxylation sites is 1. The number of carbonyl (C=O) groups excluding carboxylic acids is 1. The highest BCUT2D eigenvalue weighted by Crippen LogP contribution is 2.39. The number of hydrogen-bond donors (Lipinski definition) is 2. The molecule has 2 aromatic rings. The van der Waals surface area contributed by atoms with Crippen molar-refractivity contribution < 1.29 is 9.90 Å².